The molecular formula is C14H15N3S2. The molecule has 0 saturated carbocycles. The third-order valence-electron chi connectivity index (χ3n) is 3.23. The molecule has 0 N–H and O–H groups in total. The van der Waals surface area contributed by atoms with Gasteiger partial charge in [0.2, 0.25) is 0 Å². The van der Waals surface area contributed by atoms with Crippen molar-refractivity contribution in [3.05, 3.63) is 45.9 Å². The van der Waals surface area contributed by atoms with Crippen LogP contribution < -0.4 is 0 Å². The minimum Gasteiger partial charge on any atom is -0.301 e. The molecular weight excluding hydrogens is 274 g/mol. The van der Waals surface area contributed by atoms with E-state index >= 15 is 0 Å². The van der Waals surface area contributed by atoms with E-state index in [4.69, 9.17) is 0 Å². The van der Waals surface area contributed by atoms with Gasteiger partial charge in [0, 0.05) is 22.7 Å². The van der Waals surface area contributed by atoms with Crippen molar-refractivity contribution in [1.29, 1.82) is 0 Å². The Kier molecular flexibility index (Phi) is 3.59. The molecule has 3 aromatic rings. The first kappa shape index (κ1) is 12.7. The summed E-state index contributed by atoms with van der Waals surface area (Å²) in [6.07, 6.45) is 2.60. The van der Waals surface area contributed by atoms with Crippen molar-refractivity contribution in [3.63, 3.8) is 0 Å². The Morgan fingerprint density at radius 1 is 1.16 bits per heavy atom. The number of rotatable bonds is 4. The third kappa shape index (κ3) is 2.54. The van der Waals surface area contributed by atoms with Crippen molar-refractivity contribution >= 4 is 32.9 Å². The Hall–Kier alpha value is -1.30. The SMILES string of the molecule is CN(C)[C@@H](Cc1ncnc2sccc12)c1cccs1. The fraction of sp³-hybridized carbons (Fsp3) is 0.286. The van der Waals surface area contributed by atoms with Crippen molar-refractivity contribution in [1.82, 2.24) is 14.9 Å². The molecule has 0 aliphatic carbocycles. The summed E-state index contributed by atoms with van der Waals surface area (Å²) in [4.78, 5) is 13.5. The number of hydrogen-bond donors (Lipinski definition) is 0. The lowest BCUT2D eigenvalue weighted by Gasteiger charge is -2.23. The fourth-order valence-electron chi connectivity index (χ4n) is 2.21. The molecule has 98 valence electrons. The lowest BCUT2D eigenvalue weighted by Crippen LogP contribution is -2.21. The highest BCUT2D eigenvalue weighted by molar-refractivity contribution is 7.16. The van der Waals surface area contributed by atoms with Crippen LogP contribution in [0.2, 0.25) is 0 Å². The molecule has 1 atom stereocenters. The van der Waals surface area contributed by atoms with Crippen LogP contribution in [0.4, 0.5) is 0 Å². The van der Waals surface area contributed by atoms with E-state index in [2.05, 4.69) is 57.9 Å². The summed E-state index contributed by atoms with van der Waals surface area (Å²) < 4.78 is 0. The molecule has 0 aromatic carbocycles. The molecule has 3 aromatic heterocycles. The average molecular weight is 289 g/mol. The van der Waals surface area contributed by atoms with Crippen LogP contribution in [0.5, 0.6) is 0 Å². The second kappa shape index (κ2) is 5.36. The van der Waals surface area contributed by atoms with Gasteiger partial charge in [-0.1, -0.05) is 6.07 Å². The Morgan fingerprint density at radius 2 is 2.05 bits per heavy atom. The minimum absolute atomic E-state index is 0.373. The molecule has 0 amide bonds. The summed E-state index contributed by atoms with van der Waals surface area (Å²) in [6.45, 7) is 0. The van der Waals surface area contributed by atoms with Gasteiger partial charge in [-0.05, 0) is 37.0 Å². The number of likely N-dealkylation sites (N-methyl/N-ethyl adjacent to an activating group) is 1. The van der Waals surface area contributed by atoms with Crippen molar-refractivity contribution in [2.45, 2.75) is 12.5 Å². The number of hydrogen-bond acceptors (Lipinski definition) is 5. The van der Waals surface area contributed by atoms with E-state index in [0.717, 1.165) is 16.9 Å². The maximum atomic E-state index is 4.48. The normalized spacial score (nSPS) is 13.2. The van der Waals surface area contributed by atoms with Crippen LogP contribution in [0.15, 0.2) is 35.3 Å². The molecule has 5 heteroatoms. The Morgan fingerprint density at radius 3 is 2.79 bits per heavy atom. The van der Waals surface area contributed by atoms with E-state index in [1.807, 2.05) is 0 Å². The highest BCUT2D eigenvalue weighted by atomic mass is 32.1. The third-order valence-corrected chi connectivity index (χ3v) is 5.02. The van der Waals surface area contributed by atoms with Gasteiger partial charge in [0.1, 0.15) is 11.2 Å². The summed E-state index contributed by atoms with van der Waals surface area (Å²) in [6, 6.07) is 6.80. The quantitative estimate of drug-likeness (QED) is 0.735. The lowest BCUT2D eigenvalue weighted by molar-refractivity contribution is 0.300. The van der Waals surface area contributed by atoms with E-state index < -0.39 is 0 Å². The molecule has 3 nitrogen and oxygen atoms in total. The van der Waals surface area contributed by atoms with Crippen LogP contribution in [-0.4, -0.2) is 29.0 Å². The largest absolute Gasteiger partial charge is 0.301 e. The van der Waals surface area contributed by atoms with Gasteiger partial charge in [0.15, 0.2) is 0 Å². The zero-order chi connectivity index (χ0) is 13.2. The van der Waals surface area contributed by atoms with Crippen LogP contribution in [0.3, 0.4) is 0 Å². The number of fused-ring (bicyclic) bond motifs is 1. The van der Waals surface area contributed by atoms with Crippen LogP contribution >= 0.6 is 22.7 Å². The first-order chi connectivity index (χ1) is 9.25. The van der Waals surface area contributed by atoms with Crippen LogP contribution in [0.25, 0.3) is 10.2 Å². The van der Waals surface area contributed by atoms with Gasteiger partial charge in [0.25, 0.3) is 0 Å². The van der Waals surface area contributed by atoms with Gasteiger partial charge in [0.05, 0.1) is 5.69 Å². The summed E-state index contributed by atoms with van der Waals surface area (Å²) >= 11 is 3.48. The Balaban J connectivity index is 1.96. The number of nitrogens with zero attached hydrogens (tertiary/aromatic N) is 3. The zero-order valence-electron chi connectivity index (χ0n) is 10.9. The topological polar surface area (TPSA) is 29.0 Å². The predicted molar refractivity (Wildman–Crippen MR) is 81.9 cm³/mol. The first-order valence-corrected chi connectivity index (χ1v) is 7.88. The molecule has 19 heavy (non-hydrogen) atoms. The Labute approximate surface area is 120 Å². The van der Waals surface area contributed by atoms with Crippen LogP contribution in [0.1, 0.15) is 16.6 Å². The smallest absolute Gasteiger partial charge is 0.126 e. The summed E-state index contributed by atoms with van der Waals surface area (Å²) in [5.74, 6) is 0. The molecule has 0 aliphatic heterocycles. The second-order valence-corrected chi connectivity index (χ2v) is 6.53. The second-order valence-electron chi connectivity index (χ2n) is 4.66. The monoisotopic (exact) mass is 289 g/mol. The molecule has 3 heterocycles. The Bertz CT molecular complexity index is 658. The highest BCUT2D eigenvalue weighted by Gasteiger charge is 2.18. The molecule has 0 saturated heterocycles. The standard InChI is InChI=1S/C14H15N3S2/c1-17(2)12(13-4-3-6-18-13)8-11-10-5-7-19-14(10)16-9-15-11/h3-7,9,12H,8H2,1-2H3/t12-/m0/s1. The van der Waals surface area contributed by atoms with E-state index in [9.17, 15) is 0 Å². The van der Waals surface area contributed by atoms with E-state index in [-0.39, 0.29) is 0 Å². The van der Waals surface area contributed by atoms with Crippen molar-refractivity contribution in [3.8, 4) is 0 Å². The summed E-state index contributed by atoms with van der Waals surface area (Å²) in [5.41, 5.74) is 1.14. The van der Waals surface area contributed by atoms with E-state index in [1.54, 1.807) is 29.0 Å². The molecule has 0 fully saturated rings. The number of thiophene rings is 2. The van der Waals surface area contributed by atoms with Gasteiger partial charge < -0.3 is 4.90 Å². The van der Waals surface area contributed by atoms with Gasteiger partial charge >= 0.3 is 0 Å². The molecule has 3 rings (SSSR count). The van der Waals surface area contributed by atoms with Gasteiger partial charge in [-0.3, -0.25) is 0 Å². The predicted octanol–water partition coefficient (Wildman–Crippen LogP) is 3.60. The molecule has 0 unspecified atom stereocenters. The maximum absolute atomic E-state index is 4.48. The van der Waals surface area contributed by atoms with E-state index in [0.29, 0.717) is 6.04 Å². The van der Waals surface area contributed by atoms with Crippen molar-refractivity contribution in [2.24, 2.45) is 0 Å². The van der Waals surface area contributed by atoms with Gasteiger partial charge in [-0.15, -0.1) is 22.7 Å². The molecule has 0 aliphatic rings. The minimum atomic E-state index is 0.373. The first-order valence-electron chi connectivity index (χ1n) is 6.12. The van der Waals surface area contributed by atoms with E-state index in [1.165, 1.54) is 10.3 Å². The van der Waals surface area contributed by atoms with Gasteiger partial charge in [-0.25, -0.2) is 9.97 Å². The van der Waals surface area contributed by atoms with Crippen molar-refractivity contribution in [2.75, 3.05) is 14.1 Å². The zero-order valence-corrected chi connectivity index (χ0v) is 12.5. The maximum Gasteiger partial charge on any atom is 0.126 e. The highest BCUT2D eigenvalue weighted by Crippen LogP contribution is 2.29. The lowest BCUT2D eigenvalue weighted by atomic mass is 10.1. The molecule has 0 spiro atoms. The van der Waals surface area contributed by atoms with Gasteiger partial charge in [-0.2, -0.15) is 0 Å². The summed E-state index contributed by atoms with van der Waals surface area (Å²) in [5, 5.41) is 5.40. The fourth-order valence-corrected chi connectivity index (χ4v) is 3.88. The average Bonchev–Trinajstić information content (AvgIpc) is 3.06. The van der Waals surface area contributed by atoms with Crippen molar-refractivity contribution < 1.29 is 0 Å². The summed E-state index contributed by atoms with van der Waals surface area (Å²) in [7, 11) is 4.24. The number of aromatic nitrogens is 2. The molecule has 0 radical (unpaired) electrons. The molecule has 0 bridgehead atoms. The van der Waals surface area contributed by atoms with Crippen LogP contribution in [0, 0.1) is 0 Å². The van der Waals surface area contributed by atoms with Crippen LogP contribution in [-0.2, 0) is 6.42 Å².